The number of carbonyl (C=O) groups is 1. The maximum atomic E-state index is 13.4. The number of rotatable bonds is 2. The van der Waals surface area contributed by atoms with Gasteiger partial charge in [-0.25, -0.2) is 4.39 Å². The summed E-state index contributed by atoms with van der Waals surface area (Å²) >= 11 is 5.88. The molecule has 1 N–H and O–H groups in total. The van der Waals surface area contributed by atoms with E-state index < -0.39 is 5.82 Å². The van der Waals surface area contributed by atoms with Crippen molar-refractivity contribution < 1.29 is 9.18 Å². The van der Waals surface area contributed by atoms with Gasteiger partial charge >= 0.3 is 0 Å². The quantitative estimate of drug-likeness (QED) is 0.869. The number of aryl methyl sites for hydroxylation is 2. The van der Waals surface area contributed by atoms with Crippen LogP contribution in [0.25, 0.3) is 0 Å². The van der Waals surface area contributed by atoms with Crippen LogP contribution in [0.15, 0.2) is 36.4 Å². The fraction of sp³-hybridized carbons (Fsp3) is 0.133. The molecule has 2 rings (SSSR count). The molecule has 0 aromatic heterocycles. The van der Waals surface area contributed by atoms with Crippen LogP contribution in [0.1, 0.15) is 21.5 Å². The molecule has 0 atom stereocenters. The normalized spacial score (nSPS) is 10.3. The van der Waals surface area contributed by atoms with Crippen molar-refractivity contribution in [3.05, 3.63) is 63.9 Å². The number of hydrogen-bond donors (Lipinski definition) is 1. The molecule has 2 nitrogen and oxygen atoms in total. The van der Waals surface area contributed by atoms with Crippen LogP contribution >= 0.6 is 11.6 Å². The summed E-state index contributed by atoms with van der Waals surface area (Å²) in [6.45, 7) is 3.51. The molecule has 0 fully saturated rings. The number of carbonyl (C=O) groups excluding carboxylic acids is 1. The Kier molecular flexibility index (Phi) is 3.86. The van der Waals surface area contributed by atoms with E-state index in [2.05, 4.69) is 5.32 Å². The van der Waals surface area contributed by atoms with Crippen LogP contribution in [-0.4, -0.2) is 5.91 Å². The highest BCUT2D eigenvalue weighted by molar-refractivity contribution is 6.31. The molecule has 2 aromatic carbocycles. The van der Waals surface area contributed by atoms with Gasteiger partial charge in [-0.2, -0.15) is 0 Å². The first-order chi connectivity index (χ1) is 8.97. The minimum atomic E-state index is -0.393. The van der Waals surface area contributed by atoms with E-state index in [0.29, 0.717) is 16.3 Å². The summed E-state index contributed by atoms with van der Waals surface area (Å²) < 4.78 is 13.4. The van der Waals surface area contributed by atoms with Crippen LogP contribution in [-0.2, 0) is 0 Å². The second-order valence-corrected chi connectivity index (χ2v) is 4.81. The molecule has 0 bridgehead atoms. The Balaban J connectivity index is 2.25. The largest absolute Gasteiger partial charge is 0.322 e. The zero-order chi connectivity index (χ0) is 14.0. The Labute approximate surface area is 116 Å². The number of amides is 1. The van der Waals surface area contributed by atoms with Crippen LogP contribution in [0.5, 0.6) is 0 Å². The number of halogens is 2. The Morgan fingerprint density at radius 3 is 2.47 bits per heavy atom. The fourth-order valence-electron chi connectivity index (χ4n) is 1.66. The fourth-order valence-corrected chi connectivity index (χ4v) is 1.83. The molecular weight excluding hydrogens is 265 g/mol. The third-order valence-corrected chi connectivity index (χ3v) is 3.12. The molecule has 0 unspecified atom stereocenters. The van der Waals surface area contributed by atoms with E-state index in [1.807, 2.05) is 13.0 Å². The van der Waals surface area contributed by atoms with Gasteiger partial charge in [-0.3, -0.25) is 4.79 Å². The summed E-state index contributed by atoms with van der Waals surface area (Å²) in [4.78, 5) is 12.0. The lowest BCUT2D eigenvalue weighted by atomic mass is 10.1. The van der Waals surface area contributed by atoms with Crippen molar-refractivity contribution in [2.75, 3.05) is 5.32 Å². The Hall–Kier alpha value is -1.87. The molecule has 0 saturated heterocycles. The van der Waals surface area contributed by atoms with Gasteiger partial charge in [0.1, 0.15) is 5.82 Å². The van der Waals surface area contributed by atoms with Gasteiger partial charge in [0.2, 0.25) is 0 Å². The highest BCUT2D eigenvalue weighted by Gasteiger charge is 2.10. The van der Waals surface area contributed by atoms with E-state index in [9.17, 15) is 9.18 Å². The first-order valence-electron chi connectivity index (χ1n) is 5.81. The van der Waals surface area contributed by atoms with Gasteiger partial charge in [-0.05, 0) is 49.2 Å². The maximum absolute atomic E-state index is 13.4. The lowest BCUT2D eigenvalue weighted by Gasteiger charge is -2.09. The van der Waals surface area contributed by atoms with Gasteiger partial charge in [-0.15, -0.1) is 0 Å². The Morgan fingerprint density at radius 1 is 1.11 bits per heavy atom. The Morgan fingerprint density at radius 2 is 1.79 bits per heavy atom. The lowest BCUT2D eigenvalue weighted by molar-refractivity contribution is 0.102. The van der Waals surface area contributed by atoms with Crippen molar-refractivity contribution in [1.82, 2.24) is 0 Å². The highest BCUT2D eigenvalue weighted by atomic mass is 35.5. The van der Waals surface area contributed by atoms with Crippen LogP contribution in [0.3, 0.4) is 0 Å². The van der Waals surface area contributed by atoms with Crippen molar-refractivity contribution in [3.8, 4) is 0 Å². The van der Waals surface area contributed by atoms with Crippen LogP contribution in [0.4, 0.5) is 10.1 Å². The molecule has 0 aliphatic carbocycles. The third kappa shape index (κ3) is 3.12. The molecule has 98 valence electrons. The average Bonchev–Trinajstić information content (AvgIpc) is 2.37. The summed E-state index contributed by atoms with van der Waals surface area (Å²) in [6.07, 6.45) is 0. The maximum Gasteiger partial charge on any atom is 0.255 e. The number of benzene rings is 2. The van der Waals surface area contributed by atoms with Crippen molar-refractivity contribution in [3.63, 3.8) is 0 Å². The van der Waals surface area contributed by atoms with Crippen LogP contribution in [0, 0.1) is 19.7 Å². The summed E-state index contributed by atoms with van der Waals surface area (Å²) in [6, 6.07) is 9.62. The van der Waals surface area contributed by atoms with Gasteiger partial charge < -0.3 is 5.32 Å². The molecule has 0 aliphatic heterocycles. The lowest BCUT2D eigenvalue weighted by Crippen LogP contribution is -2.13. The molecule has 0 spiro atoms. The monoisotopic (exact) mass is 277 g/mol. The second-order valence-electron chi connectivity index (χ2n) is 4.38. The summed E-state index contributed by atoms with van der Waals surface area (Å²) in [5, 5.41) is 3.26. The van der Waals surface area contributed by atoms with Crippen molar-refractivity contribution >= 4 is 23.2 Å². The number of nitrogens with one attached hydrogen (secondary N) is 1. The molecule has 19 heavy (non-hydrogen) atoms. The molecule has 0 heterocycles. The van der Waals surface area contributed by atoms with Crippen molar-refractivity contribution in [1.29, 1.82) is 0 Å². The molecule has 0 radical (unpaired) electrons. The van der Waals surface area contributed by atoms with E-state index in [0.717, 1.165) is 5.56 Å². The standard InChI is InChI=1S/C15H13ClFNO/c1-9-3-5-11(7-13(9)17)15(19)18-14-8-12(16)6-4-10(14)2/h3-8H,1-2H3,(H,18,19). The first-order valence-corrected chi connectivity index (χ1v) is 6.19. The molecular formula is C15H13ClFNO. The molecule has 2 aromatic rings. The minimum absolute atomic E-state index is 0.280. The van der Waals surface area contributed by atoms with Gasteiger partial charge in [-0.1, -0.05) is 23.7 Å². The summed E-state index contributed by atoms with van der Waals surface area (Å²) in [5.41, 5.74) is 2.31. The SMILES string of the molecule is Cc1ccc(C(=O)Nc2cc(Cl)ccc2C)cc1F. The molecule has 1 amide bonds. The van der Waals surface area contributed by atoms with E-state index >= 15 is 0 Å². The predicted molar refractivity (Wildman–Crippen MR) is 75.3 cm³/mol. The molecule has 4 heteroatoms. The van der Waals surface area contributed by atoms with Gasteiger partial charge in [0.15, 0.2) is 0 Å². The topological polar surface area (TPSA) is 29.1 Å². The van der Waals surface area contributed by atoms with Gasteiger partial charge in [0.25, 0.3) is 5.91 Å². The molecule has 0 saturated carbocycles. The van der Waals surface area contributed by atoms with Gasteiger partial charge in [0.05, 0.1) is 0 Å². The number of hydrogen-bond acceptors (Lipinski definition) is 1. The van der Waals surface area contributed by atoms with Crippen LogP contribution < -0.4 is 5.32 Å². The average molecular weight is 278 g/mol. The molecule has 0 aliphatic rings. The van der Waals surface area contributed by atoms with E-state index in [-0.39, 0.29) is 11.5 Å². The van der Waals surface area contributed by atoms with Crippen LogP contribution in [0.2, 0.25) is 5.02 Å². The van der Waals surface area contributed by atoms with E-state index in [1.54, 1.807) is 31.2 Å². The third-order valence-electron chi connectivity index (χ3n) is 2.88. The van der Waals surface area contributed by atoms with Crippen molar-refractivity contribution in [2.24, 2.45) is 0 Å². The van der Waals surface area contributed by atoms with Crippen molar-refractivity contribution in [2.45, 2.75) is 13.8 Å². The smallest absolute Gasteiger partial charge is 0.255 e. The first kappa shape index (κ1) is 13.6. The second kappa shape index (κ2) is 5.41. The summed E-state index contributed by atoms with van der Waals surface area (Å²) in [7, 11) is 0. The van der Waals surface area contributed by atoms with E-state index in [1.165, 1.54) is 6.07 Å². The predicted octanol–water partition coefficient (Wildman–Crippen LogP) is 4.35. The van der Waals surface area contributed by atoms with E-state index in [4.69, 9.17) is 11.6 Å². The zero-order valence-electron chi connectivity index (χ0n) is 10.6. The minimum Gasteiger partial charge on any atom is -0.322 e. The number of anilines is 1. The Bertz CT molecular complexity index is 640. The zero-order valence-corrected chi connectivity index (χ0v) is 11.4. The van der Waals surface area contributed by atoms with Gasteiger partial charge in [0, 0.05) is 16.3 Å². The summed E-state index contributed by atoms with van der Waals surface area (Å²) in [5.74, 6) is -0.750. The highest BCUT2D eigenvalue weighted by Crippen LogP contribution is 2.21.